The summed E-state index contributed by atoms with van der Waals surface area (Å²) in [5.74, 6) is -0.142. The number of benzene rings is 1. The first-order valence-electron chi connectivity index (χ1n) is 7.65. The lowest BCUT2D eigenvalue weighted by molar-refractivity contribution is -0.132. The van der Waals surface area contributed by atoms with E-state index in [4.69, 9.17) is 0 Å². The molecule has 0 fully saturated rings. The number of hydrogen-bond donors (Lipinski definition) is 1. The van der Waals surface area contributed by atoms with Crippen molar-refractivity contribution in [1.29, 1.82) is 0 Å². The van der Waals surface area contributed by atoms with Crippen LogP contribution in [0.5, 0.6) is 0 Å². The molecule has 0 saturated heterocycles. The molecule has 6 heteroatoms. The largest absolute Gasteiger partial charge is 0.334 e. The summed E-state index contributed by atoms with van der Waals surface area (Å²) in [6, 6.07) is 11.6. The van der Waals surface area contributed by atoms with Crippen molar-refractivity contribution in [2.45, 2.75) is 23.1 Å². The standard InChI is InChI=1S/C18H18N2O2S2/c1-2-9-20(12-13-6-5-10-23-13)17(21)11-16-18(22)19-14-7-3-4-8-15(14)24-16/h2-8,10,16H,1,9,11-12H2,(H,19,22). The second kappa shape index (κ2) is 7.68. The molecule has 1 N–H and O–H groups in total. The monoisotopic (exact) mass is 358 g/mol. The number of rotatable bonds is 6. The van der Waals surface area contributed by atoms with Crippen molar-refractivity contribution in [2.75, 3.05) is 11.9 Å². The van der Waals surface area contributed by atoms with Crippen LogP contribution in [0, 0.1) is 0 Å². The molecule has 1 aliphatic heterocycles. The van der Waals surface area contributed by atoms with Gasteiger partial charge in [0, 0.05) is 22.7 Å². The van der Waals surface area contributed by atoms with Crippen molar-refractivity contribution in [3.05, 3.63) is 59.3 Å². The van der Waals surface area contributed by atoms with E-state index in [0.29, 0.717) is 13.1 Å². The van der Waals surface area contributed by atoms with Crippen LogP contribution in [0.4, 0.5) is 5.69 Å². The number of nitrogens with zero attached hydrogens (tertiary/aromatic N) is 1. The first-order valence-corrected chi connectivity index (χ1v) is 9.41. The Kier molecular flexibility index (Phi) is 5.37. The lowest BCUT2D eigenvalue weighted by atomic mass is 10.2. The molecule has 3 rings (SSSR count). The highest BCUT2D eigenvalue weighted by Crippen LogP contribution is 2.36. The van der Waals surface area contributed by atoms with E-state index in [-0.39, 0.29) is 18.2 Å². The Hall–Kier alpha value is -2.05. The number of thiophene rings is 1. The van der Waals surface area contributed by atoms with E-state index in [1.807, 2.05) is 41.8 Å². The third-order valence-electron chi connectivity index (χ3n) is 3.70. The van der Waals surface area contributed by atoms with Gasteiger partial charge in [0.1, 0.15) is 0 Å². The maximum Gasteiger partial charge on any atom is 0.238 e. The minimum atomic E-state index is -0.400. The van der Waals surface area contributed by atoms with Crippen LogP contribution < -0.4 is 5.32 Å². The van der Waals surface area contributed by atoms with E-state index >= 15 is 0 Å². The summed E-state index contributed by atoms with van der Waals surface area (Å²) in [6.45, 7) is 4.76. The number of anilines is 1. The molecule has 0 radical (unpaired) electrons. The van der Waals surface area contributed by atoms with Crippen LogP contribution in [0.1, 0.15) is 11.3 Å². The smallest absolute Gasteiger partial charge is 0.238 e. The Morgan fingerprint density at radius 2 is 2.12 bits per heavy atom. The SMILES string of the molecule is C=CCN(Cc1cccs1)C(=O)CC1Sc2ccccc2NC1=O. The summed E-state index contributed by atoms with van der Waals surface area (Å²) in [5, 5.41) is 4.48. The molecule has 1 aromatic heterocycles. The van der Waals surface area contributed by atoms with E-state index in [1.165, 1.54) is 11.8 Å². The van der Waals surface area contributed by atoms with Gasteiger partial charge < -0.3 is 10.2 Å². The highest BCUT2D eigenvalue weighted by molar-refractivity contribution is 8.01. The summed E-state index contributed by atoms with van der Waals surface area (Å²) < 4.78 is 0. The predicted molar refractivity (Wildman–Crippen MR) is 99.3 cm³/mol. The molecular weight excluding hydrogens is 340 g/mol. The van der Waals surface area contributed by atoms with Crippen LogP contribution in [0.25, 0.3) is 0 Å². The Morgan fingerprint density at radius 1 is 1.29 bits per heavy atom. The zero-order chi connectivity index (χ0) is 16.9. The zero-order valence-electron chi connectivity index (χ0n) is 13.1. The molecule has 0 aliphatic carbocycles. The van der Waals surface area contributed by atoms with E-state index in [1.54, 1.807) is 22.3 Å². The molecule has 0 bridgehead atoms. The highest BCUT2D eigenvalue weighted by Gasteiger charge is 2.30. The lowest BCUT2D eigenvalue weighted by Gasteiger charge is -2.26. The Morgan fingerprint density at radius 3 is 2.88 bits per heavy atom. The lowest BCUT2D eigenvalue weighted by Crippen LogP contribution is -2.37. The maximum atomic E-state index is 12.7. The summed E-state index contributed by atoms with van der Waals surface area (Å²) in [4.78, 5) is 28.8. The van der Waals surface area contributed by atoms with Crippen LogP contribution in [-0.4, -0.2) is 28.5 Å². The quantitative estimate of drug-likeness (QED) is 0.800. The Bertz CT molecular complexity index is 743. The number of carbonyl (C=O) groups excluding carboxylic acids is 2. The number of hydrogen-bond acceptors (Lipinski definition) is 4. The first kappa shape index (κ1) is 16.8. The number of amides is 2. The fourth-order valence-electron chi connectivity index (χ4n) is 2.52. The maximum absolute atomic E-state index is 12.7. The van der Waals surface area contributed by atoms with E-state index < -0.39 is 5.25 Å². The van der Waals surface area contributed by atoms with Crippen LogP contribution in [0.2, 0.25) is 0 Å². The number of fused-ring (bicyclic) bond motifs is 1. The number of carbonyl (C=O) groups is 2. The zero-order valence-corrected chi connectivity index (χ0v) is 14.7. The molecular formula is C18H18N2O2S2. The van der Waals surface area contributed by atoms with Gasteiger partial charge in [0.05, 0.1) is 17.5 Å². The van der Waals surface area contributed by atoms with Gasteiger partial charge in [-0.05, 0) is 23.6 Å². The van der Waals surface area contributed by atoms with Gasteiger partial charge in [-0.25, -0.2) is 0 Å². The number of para-hydroxylation sites is 1. The fraction of sp³-hybridized carbons (Fsp3) is 0.222. The highest BCUT2D eigenvalue weighted by atomic mass is 32.2. The summed E-state index contributed by atoms with van der Waals surface area (Å²) in [7, 11) is 0. The van der Waals surface area contributed by atoms with Gasteiger partial charge in [-0.2, -0.15) is 0 Å². The Labute approximate surface area is 149 Å². The van der Waals surface area contributed by atoms with Crippen molar-refractivity contribution in [1.82, 2.24) is 4.90 Å². The van der Waals surface area contributed by atoms with Gasteiger partial charge in [0.2, 0.25) is 11.8 Å². The van der Waals surface area contributed by atoms with Crippen LogP contribution in [0.3, 0.4) is 0 Å². The summed E-state index contributed by atoms with van der Waals surface area (Å²) >= 11 is 3.07. The van der Waals surface area contributed by atoms with E-state index in [0.717, 1.165) is 15.5 Å². The van der Waals surface area contributed by atoms with Crippen molar-refractivity contribution in [3.63, 3.8) is 0 Å². The fourth-order valence-corrected chi connectivity index (χ4v) is 4.34. The molecule has 1 unspecified atom stereocenters. The topological polar surface area (TPSA) is 49.4 Å². The third kappa shape index (κ3) is 3.88. The number of thioether (sulfide) groups is 1. The van der Waals surface area contributed by atoms with Gasteiger partial charge in [0.25, 0.3) is 0 Å². The minimum Gasteiger partial charge on any atom is -0.334 e. The van der Waals surface area contributed by atoms with Crippen LogP contribution in [0.15, 0.2) is 59.3 Å². The average Bonchev–Trinajstić information content (AvgIpc) is 3.08. The first-order chi connectivity index (χ1) is 11.7. The molecule has 2 heterocycles. The molecule has 24 heavy (non-hydrogen) atoms. The van der Waals surface area contributed by atoms with Gasteiger partial charge in [0.15, 0.2) is 0 Å². The van der Waals surface area contributed by atoms with Gasteiger partial charge in [-0.1, -0.05) is 24.3 Å². The van der Waals surface area contributed by atoms with Gasteiger partial charge in [-0.3, -0.25) is 9.59 Å². The molecule has 4 nitrogen and oxygen atoms in total. The molecule has 1 aliphatic rings. The van der Waals surface area contributed by atoms with E-state index in [2.05, 4.69) is 11.9 Å². The second-order valence-corrected chi connectivity index (χ2v) is 7.72. The molecule has 0 spiro atoms. The molecule has 1 aromatic carbocycles. The van der Waals surface area contributed by atoms with Crippen LogP contribution in [-0.2, 0) is 16.1 Å². The Balaban J connectivity index is 1.68. The van der Waals surface area contributed by atoms with Gasteiger partial charge in [-0.15, -0.1) is 29.7 Å². The molecule has 1 atom stereocenters. The van der Waals surface area contributed by atoms with Crippen molar-refractivity contribution in [3.8, 4) is 0 Å². The van der Waals surface area contributed by atoms with Crippen molar-refractivity contribution < 1.29 is 9.59 Å². The molecule has 2 aromatic rings. The van der Waals surface area contributed by atoms with Crippen molar-refractivity contribution >= 4 is 40.6 Å². The van der Waals surface area contributed by atoms with Crippen LogP contribution >= 0.6 is 23.1 Å². The average molecular weight is 358 g/mol. The third-order valence-corrected chi connectivity index (χ3v) is 5.83. The minimum absolute atomic E-state index is 0.0321. The van der Waals surface area contributed by atoms with E-state index in [9.17, 15) is 9.59 Å². The normalized spacial score (nSPS) is 16.2. The predicted octanol–water partition coefficient (Wildman–Crippen LogP) is 3.77. The molecule has 124 valence electrons. The summed E-state index contributed by atoms with van der Waals surface area (Å²) in [6.07, 6.45) is 1.90. The van der Waals surface area contributed by atoms with Crippen molar-refractivity contribution in [2.24, 2.45) is 0 Å². The molecule has 2 amide bonds. The summed E-state index contributed by atoms with van der Waals surface area (Å²) in [5.41, 5.74) is 0.817. The second-order valence-electron chi connectivity index (χ2n) is 5.44. The van der Waals surface area contributed by atoms with Gasteiger partial charge >= 0.3 is 0 Å². The molecule has 0 saturated carbocycles. The number of nitrogens with one attached hydrogen (secondary N) is 1.